The molecule has 37 heavy (non-hydrogen) atoms. The molecule has 0 spiro atoms. The molecule has 3 N–H and O–H groups in total. The van der Waals surface area contributed by atoms with Gasteiger partial charge in [0.25, 0.3) is 18.2 Å². The number of nitrogens with one attached hydrogen (secondary N) is 1. The number of nitrogens with two attached hydrogens (primary N) is 1. The molecule has 0 radical (unpaired) electrons. The minimum atomic E-state index is -2.96. The molecule has 0 atom stereocenters. The second kappa shape index (κ2) is 10.0. The number of benzene rings is 1. The molecule has 3 aromatic heterocycles. The van der Waals surface area contributed by atoms with E-state index in [0.717, 1.165) is 40.2 Å². The SMILES string of the molecule is Cc1c(C(N)=O)sc(NC(=O)c2cnn3c(C(F)F)cc(-c4ccc(F)cc4)nc23)c1C(=O)OC(C)C. The van der Waals surface area contributed by atoms with Gasteiger partial charge in [-0.05, 0) is 56.7 Å². The second-order valence-corrected chi connectivity index (χ2v) is 9.22. The third kappa shape index (κ3) is 5.03. The number of hydrogen-bond donors (Lipinski definition) is 2. The molecule has 0 saturated heterocycles. The molecule has 9 nitrogen and oxygen atoms in total. The highest BCUT2D eigenvalue weighted by Gasteiger charge is 2.28. The van der Waals surface area contributed by atoms with Crippen LogP contribution in [0.4, 0.5) is 18.2 Å². The Morgan fingerprint density at radius 2 is 1.84 bits per heavy atom. The number of carbonyl (C=O) groups excluding carboxylic acids is 3. The summed E-state index contributed by atoms with van der Waals surface area (Å²) in [5.74, 6) is -2.92. The first-order valence-corrected chi connectivity index (χ1v) is 11.7. The highest BCUT2D eigenvalue weighted by molar-refractivity contribution is 7.18. The molecule has 0 aliphatic rings. The lowest BCUT2D eigenvalue weighted by molar-refractivity contribution is 0.0379. The number of fused-ring (bicyclic) bond motifs is 1. The van der Waals surface area contributed by atoms with Crippen molar-refractivity contribution < 1.29 is 32.3 Å². The Morgan fingerprint density at radius 3 is 2.43 bits per heavy atom. The number of esters is 1. The number of hydrogen-bond acceptors (Lipinski definition) is 7. The highest BCUT2D eigenvalue weighted by atomic mass is 32.1. The summed E-state index contributed by atoms with van der Waals surface area (Å²) in [7, 11) is 0. The van der Waals surface area contributed by atoms with E-state index in [0.29, 0.717) is 5.56 Å². The number of thiophene rings is 1. The number of ether oxygens (including phenoxy) is 1. The smallest absolute Gasteiger partial charge is 0.341 e. The van der Waals surface area contributed by atoms with E-state index in [2.05, 4.69) is 15.4 Å². The van der Waals surface area contributed by atoms with Crippen LogP contribution in [0, 0.1) is 12.7 Å². The third-order valence-electron chi connectivity index (χ3n) is 5.25. The maximum absolute atomic E-state index is 13.8. The Hall–Kier alpha value is -4.26. The molecule has 13 heteroatoms. The number of aromatic nitrogens is 3. The van der Waals surface area contributed by atoms with Gasteiger partial charge in [-0.1, -0.05) is 0 Å². The van der Waals surface area contributed by atoms with Gasteiger partial charge in [0.2, 0.25) is 0 Å². The fraction of sp³-hybridized carbons (Fsp3) is 0.208. The zero-order chi connectivity index (χ0) is 27.0. The summed E-state index contributed by atoms with van der Waals surface area (Å²) in [5, 5.41) is 6.41. The van der Waals surface area contributed by atoms with Crippen molar-refractivity contribution in [2.45, 2.75) is 33.3 Å². The van der Waals surface area contributed by atoms with Gasteiger partial charge >= 0.3 is 5.97 Å². The lowest BCUT2D eigenvalue weighted by Crippen LogP contribution is -2.17. The zero-order valence-electron chi connectivity index (χ0n) is 19.7. The van der Waals surface area contributed by atoms with Gasteiger partial charge in [0.15, 0.2) is 5.65 Å². The Balaban J connectivity index is 1.80. The monoisotopic (exact) mass is 531 g/mol. The highest BCUT2D eigenvalue weighted by Crippen LogP contribution is 2.34. The van der Waals surface area contributed by atoms with Gasteiger partial charge in [0, 0.05) is 5.56 Å². The summed E-state index contributed by atoms with van der Waals surface area (Å²) in [4.78, 5) is 42.2. The lowest BCUT2D eigenvalue weighted by atomic mass is 10.1. The van der Waals surface area contributed by atoms with Crippen molar-refractivity contribution >= 4 is 39.8 Å². The fourth-order valence-corrected chi connectivity index (χ4v) is 4.64. The summed E-state index contributed by atoms with van der Waals surface area (Å²) in [6.45, 7) is 4.76. The molecule has 0 aliphatic heterocycles. The van der Waals surface area contributed by atoms with Crippen LogP contribution in [-0.2, 0) is 4.74 Å². The van der Waals surface area contributed by atoms with Crippen LogP contribution in [0.3, 0.4) is 0 Å². The van der Waals surface area contributed by atoms with Gasteiger partial charge in [-0.15, -0.1) is 11.3 Å². The molecular weight excluding hydrogens is 511 g/mol. The summed E-state index contributed by atoms with van der Waals surface area (Å²) >= 11 is 0.780. The van der Waals surface area contributed by atoms with Crippen LogP contribution in [0.25, 0.3) is 16.9 Å². The van der Waals surface area contributed by atoms with Gasteiger partial charge in [0.1, 0.15) is 22.1 Å². The summed E-state index contributed by atoms with van der Waals surface area (Å²) in [6.07, 6.45) is -2.38. The molecule has 4 rings (SSSR count). The number of alkyl halides is 2. The van der Waals surface area contributed by atoms with Crippen LogP contribution in [0.1, 0.15) is 61.9 Å². The predicted molar refractivity (Wildman–Crippen MR) is 129 cm³/mol. The molecule has 0 bridgehead atoms. The first kappa shape index (κ1) is 25.8. The van der Waals surface area contributed by atoms with Crippen molar-refractivity contribution in [2.75, 3.05) is 5.32 Å². The Labute approximate surface area is 212 Å². The molecule has 4 aromatic rings. The van der Waals surface area contributed by atoms with E-state index < -0.39 is 41.8 Å². The van der Waals surface area contributed by atoms with Crippen molar-refractivity contribution in [2.24, 2.45) is 5.73 Å². The van der Waals surface area contributed by atoms with Crippen molar-refractivity contribution in [1.82, 2.24) is 14.6 Å². The van der Waals surface area contributed by atoms with E-state index >= 15 is 0 Å². The first-order chi connectivity index (χ1) is 17.5. The van der Waals surface area contributed by atoms with Gasteiger partial charge in [-0.25, -0.2) is 27.5 Å². The van der Waals surface area contributed by atoms with E-state index in [-0.39, 0.29) is 37.9 Å². The maximum atomic E-state index is 13.8. The van der Waals surface area contributed by atoms with Crippen molar-refractivity contribution in [1.29, 1.82) is 0 Å². The number of primary amides is 1. The second-order valence-electron chi connectivity index (χ2n) is 8.20. The van der Waals surface area contributed by atoms with Crippen molar-refractivity contribution in [3.05, 3.63) is 69.6 Å². The minimum Gasteiger partial charge on any atom is -0.459 e. The molecule has 0 unspecified atom stereocenters. The van der Waals surface area contributed by atoms with Crippen molar-refractivity contribution in [3.8, 4) is 11.3 Å². The Morgan fingerprint density at radius 1 is 1.16 bits per heavy atom. The first-order valence-electron chi connectivity index (χ1n) is 10.9. The molecular formula is C24H20F3N5O4S. The summed E-state index contributed by atoms with van der Waals surface area (Å²) in [6, 6.07) is 6.14. The minimum absolute atomic E-state index is 0.00919. The summed E-state index contributed by atoms with van der Waals surface area (Å²) in [5.41, 5.74) is 5.10. The number of nitrogens with zero attached hydrogens (tertiary/aromatic N) is 3. The molecule has 0 fully saturated rings. The largest absolute Gasteiger partial charge is 0.459 e. The molecule has 192 valence electrons. The molecule has 3 heterocycles. The van der Waals surface area contributed by atoms with Crippen LogP contribution in [-0.4, -0.2) is 38.5 Å². The molecule has 0 saturated carbocycles. The summed E-state index contributed by atoms with van der Waals surface area (Å²) < 4.78 is 47.1. The zero-order valence-corrected chi connectivity index (χ0v) is 20.5. The normalized spacial score (nSPS) is 11.4. The quantitative estimate of drug-likeness (QED) is 0.331. The van der Waals surface area contributed by atoms with Gasteiger partial charge in [0.05, 0.1) is 28.4 Å². The predicted octanol–water partition coefficient (Wildman–Crippen LogP) is 4.76. The topological polar surface area (TPSA) is 129 Å². The van der Waals surface area contributed by atoms with E-state index in [1.54, 1.807) is 13.8 Å². The number of rotatable bonds is 7. The standard InChI is InChI=1S/C24H20F3N5O4S/c1-10(2)36-24(35)17-11(3)18(20(28)33)37-23(17)31-22(34)14-9-29-32-16(19(26)27)8-15(30-21(14)32)12-4-6-13(25)7-5-12/h4-10,19H,1-3H3,(H2,28,33)(H,31,34). The van der Waals surface area contributed by atoms with Crippen LogP contribution in [0.5, 0.6) is 0 Å². The number of amides is 2. The van der Waals surface area contributed by atoms with Crippen LogP contribution in [0.2, 0.25) is 0 Å². The van der Waals surface area contributed by atoms with E-state index in [9.17, 15) is 27.6 Å². The average Bonchev–Trinajstić information content (AvgIpc) is 3.39. The van der Waals surface area contributed by atoms with E-state index in [1.807, 2.05) is 0 Å². The van der Waals surface area contributed by atoms with Crippen molar-refractivity contribution in [3.63, 3.8) is 0 Å². The van der Waals surface area contributed by atoms with E-state index in [4.69, 9.17) is 10.5 Å². The van der Waals surface area contributed by atoms with Gasteiger partial charge in [-0.3, -0.25) is 9.59 Å². The Bertz CT molecular complexity index is 1530. The number of anilines is 1. The number of carbonyl (C=O) groups is 3. The number of halogens is 3. The molecule has 2 amide bonds. The molecule has 0 aliphatic carbocycles. The fourth-order valence-electron chi connectivity index (χ4n) is 3.60. The lowest BCUT2D eigenvalue weighted by Gasteiger charge is -2.11. The molecule has 1 aromatic carbocycles. The Kier molecular flexibility index (Phi) is 6.99. The average molecular weight is 532 g/mol. The van der Waals surface area contributed by atoms with Crippen LogP contribution in [0.15, 0.2) is 36.5 Å². The van der Waals surface area contributed by atoms with Crippen LogP contribution < -0.4 is 11.1 Å². The van der Waals surface area contributed by atoms with Gasteiger partial charge < -0.3 is 15.8 Å². The maximum Gasteiger partial charge on any atom is 0.341 e. The third-order valence-corrected chi connectivity index (χ3v) is 6.47. The van der Waals surface area contributed by atoms with E-state index in [1.165, 1.54) is 19.1 Å². The van der Waals surface area contributed by atoms with Crippen LogP contribution >= 0.6 is 11.3 Å². The van der Waals surface area contributed by atoms with Gasteiger partial charge in [-0.2, -0.15) is 5.10 Å².